The van der Waals surface area contributed by atoms with Gasteiger partial charge in [-0.1, -0.05) is 0 Å². The molecule has 1 fully saturated rings. The molecule has 0 saturated carbocycles. The number of sulfonamides is 1. The van der Waals surface area contributed by atoms with Crippen molar-refractivity contribution in [1.82, 2.24) is 4.31 Å². The summed E-state index contributed by atoms with van der Waals surface area (Å²) < 4.78 is 29.9. The van der Waals surface area contributed by atoms with Crippen LogP contribution < -0.4 is 5.73 Å². The first-order valence-corrected chi connectivity index (χ1v) is 5.84. The molecule has 0 bridgehead atoms. The summed E-state index contributed by atoms with van der Waals surface area (Å²) >= 11 is 0. The molecule has 2 rings (SSSR count). The highest BCUT2D eigenvalue weighted by molar-refractivity contribution is 7.89. The van der Waals surface area contributed by atoms with Crippen molar-refractivity contribution in [2.75, 3.05) is 13.1 Å². The Morgan fingerprint density at radius 1 is 1.53 bits per heavy atom. The third kappa shape index (κ3) is 2.34. The molecular formula is C8H13ClN2O3S. The molecule has 1 aromatic heterocycles. The predicted molar refractivity (Wildman–Crippen MR) is 57.3 cm³/mol. The van der Waals surface area contributed by atoms with Crippen molar-refractivity contribution in [3.63, 3.8) is 0 Å². The van der Waals surface area contributed by atoms with E-state index in [1.807, 2.05) is 0 Å². The minimum absolute atomic E-state index is 0. The fraction of sp³-hybridized carbons (Fsp3) is 0.500. The van der Waals surface area contributed by atoms with Gasteiger partial charge in [-0.2, -0.15) is 4.31 Å². The fourth-order valence-corrected chi connectivity index (χ4v) is 2.93. The molecule has 2 heterocycles. The zero-order valence-electron chi connectivity index (χ0n) is 8.00. The second-order valence-corrected chi connectivity index (χ2v) is 5.21. The molecule has 0 radical (unpaired) electrons. The van der Waals surface area contributed by atoms with Gasteiger partial charge >= 0.3 is 0 Å². The molecule has 15 heavy (non-hydrogen) atoms. The number of halogens is 1. The molecule has 0 aromatic carbocycles. The highest BCUT2D eigenvalue weighted by atomic mass is 35.5. The van der Waals surface area contributed by atoms with Crippen LogP contribution in [0.5, 0.6) is 0 Å². The highest BCUT2D eigenvalue weighted by Crippen LogP contribution is 2.20. The van der Waals surface area contributed by atoms with Crippen LogP contribution in [0.2, 0.25) is 0 Å². The van der Waals surface area contributed by atoms with E-state index in [0.29, 0.717) is 19.5 Å². The molecule has 86 valence electrons. The standard InChI is InChI=1S/C8H12N2O3S.ClH/c9-7-3-4-10(6-7)14(11,12)8-2-1-5-13-8;/h1-2,5,7H,3-4,6,9H2;1H. The van der Waals surface area contributed by atoms with Crippen LogP contribution in [0.25, 0.3) is 0 Å². The first-order valence-electron chi connectivity index (χ1n) is 4.40. The average Bonchev–Trinajstić information content (AvgIpc) is 2.72. The third-order valence-electron chi connectivity index (χ3n) is 2.28. The van der Waals surface area contributed by atoms with Gasteiger partial charge in [-0.25, -0.2) is 8.42 Å². The van der Waals surface area contributed by atoms with Gasteiger partial charge in [0.1, 0.15) is 0 Å². The van der Waals surface area contributed by atoms with Crippen molar-refractivity contribution < 1.29 is 12.8 Å². The molecule has 2 N–H and O–H groups in total. The molecular weight excluding hydrogens is 240 g/mol. The lowest BCUT2D eigenvalue weighted by atomic mass is 10.3. The maximum absolute atomic E-state index is 11.8. The molecule has 0 spiro atoms. The van der Waals surface area contributed by atoms with Gasteiger partial charge in [0, 0.05) is 19.1 Å². The number of nitrogens with two attached hydrogens (primary N) is 1. The average molecular weight is 253 g/mol. The Morgan fingerprint density at radius 2 is 2.27 bits per heavy atom. The molecule has 0 aliphatic carbocycles. The predicted octanol–water partition coefficient (Wildman–Crippen LogP) is 0.423. The van der Waals surface area contributed by atoms with Gasteiger partial charge in [0.15, 0.2) is 0 Å². The van der Waals surface area contributed by atoms with E-state index in [1.165, 1.54) is 16.6 Å². The van der Waals surface area contributed by atoms with Crippen LogP contribution in [0.4, 0.5) is 0 Å². The lowest BCUT2D eigenvalue weighted by Gasteiger charge is -2.13. The van der Waals surface area contributed by atoms with Crippen molar-refractivity contribution in [3.8, 4) is 0 Å². The van der Waals surface area contributed by atoms with Gasteiger partial charge in [0.2, 0.25) is 5.09 Å². The van der Waals surface area contributed by atoms with E-state index in [-0.39, 0.29) is 23.5 Å². The van der Waals surface area contributed by atoms with Crippen LogP contribution in [0.3, 0.4) is 0 Å². The van der Waals surface area contributed by atoms with E-state index in [0.717, 1.165) is 0 Å². The SMILES string of the molecule is Cl.NC1CCN(S(=O)(=O)c2ccco2)C1. The third-order valence-corrected chi connectivity index (χ3v) is 4.03. The zero-order chi connectivity index (χ0) is 10.2. The summed E-state index contributed by atoms with van der Waals surface area (Å²) in [6, 6.07) is 2.95. The van der Waals surface area contributed by atoms with Gasteiger partial charge in [0.05, 0.1) is 6.26 Å². The molecule has 1 atom stereocenters. The van der Waals surface area contributed by atoms with Gasteiger partial charge in [-0.15, -0.1) is 12.4 Å². The lowest BCUT2D eigenvalue weighted by molar-refractivity contribution is 0.409. The van der Waals surface area contributed by atoms with Crippen LogP contribution in [0.15, 0.2) is 27.9 Å². The maximum atomic E-state index is 11.8. The minimum Gasteiger partial charge on any atom is -0.452 e. The topological polar surface area (TPSA) is 76.5 Å². The fourth-order valence-electron chi connectivity index (χ4n) is 1.51. The summed E-state index contributed by atoms with van der Waals surface area (Å²) in [5.41, 5.74) is 5.64. The number of rotatable bonds is 2. The first-order chi connectivity index (χ1) is 6.60. The van der Waals surface area contributed by atoms with Crippen molar-refractivity contribution in [3.05, 3.63) is 18.4 Å². The number of hydrogen-bond donors (Lipinski definition) is 1. The van der Waals surface area contributed by atoms with Crippen LogP contribution >= 0.6 is 12.4 Å². The van der Waals surface area contributed by atoms with E-state index in [1.54, 1.807) is 6.07 Å². The number of furan rings is 1. The van der Waals surface area contributed by atoms with E-state index >= 15 is 0 Å². The Labute approximate surface area is 94.7 Å². The summed E-state index contributed by atoms with van der Waals surface area (Å²) in [6.07, 6.45) is 2.06. The number of nitrogens with zero attached hydrogens (tertiary/aromatic N) is 1. The summed E-state index contributed by atoms with van der Waals surface area (Å²) in [4.78, 5) is 0. The quantitative estimate of drug-likeness (QED) is 0.828. The van der Waals surface area contributed by atoms with Gasteiger partial charge < -0.3 is 10.2 Å². The lowest BCUT2D eigenvalue weighted by Crippen LogP contribution is -2.31. The zero-order valence-corrected chi connectivity index (χ0v) is 9.63. The maximum Gasteiger partial charge on any atom is 0.276 e. The first kappa shape index (κ1) is 12.5. The Bertz CT molecular complexity index is 404. The van der Waals surface area contributed by atoms with E-state index in [4.69, 9.17) is 10.2 Å². The summed E-state index contributed by atoms with van der Waals surface area (Å²) in [5.74, 6) is 0. The van der Waals surface area contributed by atoms with Crippen molar-refractivity contribution in [1.29, 1.82) is 0 Å². The molecule has 1 unspecified atom stereocenters. The molecule has 1 aliphatic heterocycles. The van der Waals surface area contributed by atoms with Crippen molar-refractivity contribution in [2.45, 2.75) is 17.6 Å². The van der Waals surface area contributed by atoms with Crippen LogP contribution in [0.1, 0.15) is 6.42 Å². The van der Waals surface area contributed by atoms with Crippen LogP contribution in [-0.4, -0.2) is 31.9 Å². The molecule has 5 nitrogen and oxygen atoms in total. The number of hydrogen-bond acceptors (Lipinski definition) is 4. The van der Waals surface area contributed by atoms with Crippen LogP contribution in [-0.2, 0) is 10.0 Å². The molecule has 1 saturated heterocycles. The van der Waals surface area contributed by atoms with E-state index in [9.17, 15) is 8.42 Å². The van der Waals surface area contributed by atoms with Crippen molar-refractivity contribution in [2.24, 2.45) is 5.73 Å². The smallest absolute Gasteiger partial charge is 0.276 e. The summed E-state index contributed by atoms with van der Waals surface area (Å²) in [5, 5.41) is -0.00778. The second kappa shape index (κ2) is 4.52. The Morgan fingerprint density at radius 3 is 2.73 bits per heavy atom. The van der Waals surface area contributed by atoms with Gasteiger partial charge in [-0.3, -0.25) is 0 Å². The summed E-state index contributed by atoms with van der Waals surface area (Å²) in [7, 11) is -3.44. The summed E-state index contributed by atoms with van der Waals surface area (Å²) in [6.45, 7) is 0.854. The minimum atomic E-state index is -3.44. The molecule has 7 heteroatoms. The molecule has 1 aromatic rings. The second-order valence-electron chi connectivity index (χ2n) is 3.34. The Kier molecular flexibility index (Phi) is 3.77. The largest absolute Gasteiger partial charge is 0.452 e. The van der Waals surface area contributed by atoms with E-state index < -0.39 is 10.0 Å². The van der Waals surface area contributed by atoms with Crippen molar-refractivity contribution >= 4 is 22.4 Å². The monoisotopic (exact) mass is 252 g/mol. The van der Waals surface area contributed by atoms with Gasteiger partial charge in [-0.05, 0) is 18.6 Å². The molecule has 0 amide bonds. The molecule has 1 aliphatic rings. The highest BCUT2D eigenvalue weighted by Gasteiger charge is 2.32. The Hall–Kier alpha value is -0.560. The van der Waals surface area contributed by atoms with E-state index in [2.05, 4.69) is 0 Å². The Balaban J connectivity index is 0.00000112. The van der Waals surface area contributed by atoms with Gasteiger partial charge in [0.25, 0.3) is 10.0 Å². The normalized spacial score (nSPS) is 22.6. The van der Waals surface area contributed by atoms with Crippen LogP contribution in [0, 0.1) is 0 Å².